The molecule has 2 fully saturated rings. The van der Waals surface area contributed by atoms with Crippen LogP contribution in [-0.2, 0) is 0 Å². The summed E-state index contributed by atoms with van der Waals surface area (Å²) in [4.78, 5) is 2.27. The summed E-state index contributed by atoms with van der Waals surface area (Å²) in [5.74, 6) is 0.809. The molecule has 3 nitrogen and oxygen atoms in total. The second-order valence-electron chi connectivity index (χ2n) is 5.01. The highest BCUT2D eigenvalue weighted by Crippen LogP contribution is 2.29. The van der Waals surface area contributed by atoms with Crippen molar-refractivity contribution in [3.05, 3.63) is 0 Å². The van der Waals surface area contributed by atoms with E-state index in [1.807, 2.05) is 0 Å². The summed E-state index contributed by atoms with van der Waals surface area (Å²) >= 11 is 0. The zero-order valence-electron chi connectivity index (χ0n) is 8.89. The van der Waals surface area contributed by atoms with E-state index in [1.165, 1.54) is 25.7 Å². The molecule has 1 heterocycles. The molecule has 0 aromatic rings. The highest BCUT2D eigenvalue weighted by molar-refractivity contribution is 4.89. The number of aliphatic hydroxyl groups is 2. The molecule has 2 aliphatic rings. The molecule has 1 saturated heterocycles. The molecule has 1 aliphatic heterocycles. The summed E-state index contributed by atoms with van der Waals surface area (Å²) in [5.41, 5.74) is 0. The maximum Gasteiger partial charge on any atom is 0.0938 e. The van der Waals surface area contributed by atoms with Gasteiger partial charge >= 0.3 is 0 Å². The van der Waals surface area contributed by atoms with Gasteiger partial charge in [-0.1, -0.05) is 19.8 Å². The molecule has 0 bridgehead atoms. The van der Waals surface area contributed by atoms with Gasteiger partial charge in [0, 0.05) is 19.1 Å². The van der Waals surface area contributed by atoms with Gasteiger partial charge in [0.05, 0.1) is 12.2 Å². The first-order chi connectivity index (χ1) is 6.66. The fourth-order valence-corrected chi connectivity index (χ4v) is 2.83. The van der Waals surface area contributed by atoms with E-state index in [2.05, 4.69) is 11.8 Å². The Bertz CT molecular complexity index is 185. The van der Waals surface area contributed by atoms with Gasteiger partial charge in [-0.05, 0) is 18.8 Å². The number of likely N-dealkylation sites (tertiary alicyclic amines) is 1. The summed E-state index contributed by atoms with van der Waals surface area (Å²) in [6, 6.07) is 0.602. The molecule has 1 aliphatic carbocycles. The summed E-state index contributed by atoms with van der Waals surface area (Å²) in [7, 11) is 0. The van der Waals surface area contributed by atoms with E-state index < -0.39 is 12.2 Å². The molecular weight excluding hydrogens is 178 g/mol. The smallest absolute Gasteiger partial charge is 0.0938 e. The van der Waals surface area contributed by atoms with Crippen LogP contribution in [0.15, 0.2) is 0 Å². The van der Waals surface area contributed by atoms with Crippen LogP contribution in [0.2, 0.25) is 0 Å². The number of β-amino-alcohol motifs (C(OH)–C–C–N with tert-alkyl or cyclic N) is 2. The zero-order chi connectivity index (χ0) is 10.1. The number of rotatable bonds is 1. The minimum atomic E-state index is -0.521. The lowest BCUT2D eigenvalue weighted by molar-refractivity contribution is 0.0572. The third kappa shape index (κ3) is 2.10. The lowest BCUT2D eigenvalue weighted by Crippen LogP contribution is -2.37. The van der Waals surface area contributed by atoms with Crippen molar-refractivity contribution in [3.8, 4) is 0 Å². The first kappa shape index (κ1) is 10.4. The van der Waals surface area contributed by atoms with E-state index in [9.17, 15) is 10.2 Å². The standard InChI is InChI=1S/C11H21NO2/c1-8-3-2-4-9(5-8)12-6-10(13)11(14)7-12/h8-11,13-14H,2-7H2,1H3. The maximum absolute atomic E-state index is 9.47. The molecule has 0 aromatic heterocycles. The van der Waals surface area contributed by atoms with Crippen LogP contribution >= 0.6 is 0 Å². The topological polar surface area (TPSA) is 43.7 Å². The van der Waals surface area contributed by atoms with Gasteiger partial charge < -0.3 is 10.2 Å². The van der Waals surface area contributed by atoms with Crippen LogP contribution < -0.4 is 0 Å². The molecule has 0 aromatic carbocycles. The molecule has 0 amide bonds. The minimum absolute atomic E-state index is 0.521. The van der Waals surface area contributed by atoms with Gasteiger partial charge in [-0.15, -0.1) is 0 Å². The zero-order valence-corrected chi connectivity index (χ0v) is 8.89. The molecule has 2 rings (SSSR count). The second kappa shape index (κ2) is 4.17. The molecule has 0 spiro atoms. The Morgan fingerprint density at radius 2 is 1.71 bits per heavy atom. The van der Waals surface area contributed by atoms with Crippen molar-refractivity contribution in [2.75, 3.05) is 13.1 Å². The molecule has 1 saturated carbocycles. The van der Waals surface area contributed by atoms with Crippen molar-refractivity contribution >= 4 is 0 Å². The molecular formula is C11H21NO2. The van der Waals surface area contributed by atoms with E-state index >= 15 is 0 Å². The normalized spacial score (nSPS) is 45.6. The van der Waals surface area contributed by atoms with Crippen molar-refractivity contribution in [2.45, 2.75) is 50.9 Å². The molecule has 14 heavy (non-hydrogen) atoms. The summed E-state index contributed by atoms with van der Waals surface area (Å²) in [6.07, 6.45) is 4.08. The Kier molecular flexibility index (Phi) is 3.10. The molecule has 0 radical (unpaired) electrons. The van der Waals surface area contributed by atoms with Crippen molar-refractivity contribution in [3.63, 3.8) is 0 Å². The third-order valence-electron chi connectivity index (χ3n) is 3.71. The van der Waals surface area contributed by atoms with Crippen molar-refractivity contribution in [1.29, 1.82) is 0 Å². The quantitative estimate of drug-likeness (QED) is 0.650. The minimum Gasteiger partial charge on any atom is -0.389 e. The predicted octanol–water partition coefficient (Wildman–Crippen LogP) is 0.602. The van der Waals surface area contributed by atoms with Crippen LogP contribution in [0.25, 0.3) is 0 Å². The van der Waals surface area contributed by atoms with Gasteiger partial charge in [0.1, 0.15) is 0 Å². The molecule has 2 N–H and O–H groups in total. The summed E-state index contributed by atoms with van der Waals surface area (Å²) < 4.78 is 0. The highest BCUT2D eigenvalue weighted by atomic mass is 16.3. The van der Waals surface area contributed by atoms with Gasteiger partial charge in [0.15, 0.2) is 0 Å². The fraction of sp³-hybridized carbons (Fsp3) is 1.00. The lowest BCUT2D eigenvalue weighted by atomic mass is 9.86. The van der Waals surface area contributed by atoms with Crippen LogP contribution in [0.3, 0.4) is 0 Å². The van der Waals surface area contributed by atoms with Crippen molar-refractivity contribution in [1.82, 2.24) is 4.90 Å². The van der Waals surface area contributed by atoms with Crippen molar-refractivity contribution in [2.24, 2.45) is 5.92 Å². The summed E-state index contributed by atoms with van der Waals surface area (Å²) in [5, 5.41) is 18.9. The van der Waals surface area contributed by atoms with Crippen LogP contribution in [-0.4, -0.2) is 46.5 Å². The Labute approximate surface area is 85.7 Å². The van der Waals surface area contributed by atoms with E-state index in [-0.39, 0.29) is 0 Å². The molecule has 4 unspecified atom stereocenters. The SMILES string of the molecule is CC1CCCC(N2CC(O)C(O)C2)C1. The van der Waals surface area contributed by atoms with Gasteiger partial charge in [-0.2, -0.15) is 0 Å². The average molecular weight is 199 g/mol. The number of hydrogen-bond acceptors (Lipinski definition) is 3. The largest absolute Gasteiger partial charge is 0.389 e. The van der Waals surface area contributed by atoms with Crippen LogP contribution in [0.5, 0.6) is 0 Å². The number of hydrogen-bond donors (Lipinski definition) is 2. The fourth-order valence-electron chi connectivity index (χ4n) is 2.83. The monoisotopic (exact) mass is 199 g/mol. The Hall–Kier alpha value is -0.120. The summed E-state index contributed by atoms with van der Waals surface area (Å²) in [6.45, 7) is 3.63. The Morgan fingerprint density at radius 3 is 2.29 bits per heavy atom. The van der Waals surface area contributed by atoms with Crippen LogP contribution in [0.4, 0.5) is 0 Å². The Morgan fingerprint density at radius 1 is 1.07 bits per heavy atom. The Balaban J connectivity index is 1.89. The first-order valence-corrected chi connectivity index (χ1v) is 5.77. The third-order valence-corrected chi connectivity index (χ3v) is 3.71. The lowest BCUT2D eigenvalue weighted by Gasteiger charge is -2.33. The second-order valence-corrected chi connectivity index (χ2v) is 5.01. The van der Waals surface area contributed by atoms with Gasteiger partial charge in [-0.3, -0.25) is 4.90 Å². The van der Waals surface area contributed by atoms with Gasteiger partial charge in [0.2, 0.25) is 0 Å². The first-order valence-electron chi connectivity index (χ1n) is 5.77. The highest BCUT2D eigenvalue weighted by Gasteiger charge is 2.35. The van der Waals surface area contributed by atoms with E-state index in [4.69, 9.17) is 0 Å². The van der Waals surface area contributed by atoms with E-state index in [1.54, 1.807) is 0 Å². The maximum atomic E-state index is 9.47. The van der Waals surface area contributed by atoms with Crippen LogP contribution in [0, 0.1) is 5.92 Å². The molecule has 4 atom stereocenters. The molecule has 82 valence electrons. The van der Waals surface area contributed by atoms with Gasteiger partial charge in [-0.25, -0.2) is 0 Å². The van der Waals surface area contributed by atoms with Crippen molar-refractivity contribution < 1.29 is 10.2 Å². The van der Waals surface area contributed by atoms with Gasteiger partial charge in [0.25, 0.3) is 0 Å². The van der Waals surface area contributed by atoms with E-state index in [0.717, 1.165) is 5.92 Å². The average Bonchev–Trinajstić information content (AvgIpc) is 2.47. The molecule has 3 heteroatoms. The number of nitrogens with zero attached hydrogens (tertiary/aromatic N) is 1. The van der Waals surface area contributed by atoms with Crippen LogP contribution in [0.1, 0.15) is 32.6 Å². The number of aliphatic hydroxyl groups excluding tert-OH is 2. The predicted molar refractivity (Wildman–Crippen MR) is 55.0 cm³/mol. The van der Waals surface area contributed by atoms with E-state index in [0.29, 0.717) is 19.1 Å².